The van der Waals surface area contributed by atoms with E-state index in [-0.39, 0.29) is 29.2 Å². The summed E-state index contributed by atoms with van der Waals surface area (Å²) in [6, 6.07) is 2.74. The van der Waals surface area contributed by atoms with Gasteiger partial charge in [0.05, 0.1) is 29.2 Å². The fourth-order valence-corrected chi connectivity index (χ4v) is 5.95. The smallest absolute Gasteiger partial charge is 0.413 e. The normalized spacial score (nSPS) is 22.6. The molecule has 160 valence electrons. The first kappa shape index (κ1) is 23.3. The highest BCUT2D eigenvalue weighted by atomic mass is 32.2. The number of alkyl halides is 3. The van der Waals surface area contributed by atoms with Crippen molar-refractivity contribution in [2.75, 3.05) is 13.2 Å². The molecule has 0 aliphatic carbocycles. The number of benzene rings is 1. The molecule has 1 fully saturated rings. The fraction of sp³-hybridized carbons (Fsp3) is 0.667. The lowest BCUT2D eigenvalue weighted by atomic mass is 10.2. The third-order valence-electron chi connectivity index (χ3n) is 5.59. The number of hydrogen-bond acceptors (Lipinski definition) is 4. The van der Waals surface area contributed by atoms with Gasteiger partial charge in [-0.05, 0) is 48.8 Å². The summed E-state index contributed by atoms with van der Waals surface area (Å²) in [5.41, 5.74) is -0.911. The number of hydrogen-bond donors (Lipinski definition) is 1. The fourth-order valence-electron chi connectivity index (χ4n) is 2.94. The molecule has 1 N–H and O–H groups in total. The molecule has 0 saturated carbocycles. The zero-order valence-corrected chi connectivity index (χ0v) is 18.6. The molecule has 1 aromatic carbocycles. The molecule has 0 radical (unpaired) electrons. The van der Waals surface area contributed by atoms with E-state index in [1.807, 2.05) is 0 Å². The van der Waals surface area contributed by atoms with Crippen LogP contribution in [0.4, 0.5) is 13.2 Å². The quantitative estimate of drug-likeness (QED) is 0.708. The maximum Gasteiger partial charge on any atom is 0.416 e. The first-order chi connectivity index (χ1) is 12.6. The zero-order chi connectivity index (χ0) is 21.5. The first-order valence-corrected chi connectivity index (χ1v) is 13.4. The molecule has 2 atom stereocenters. The lowest BCUT2D eigenvalue weighted by Crippen LogP contribution is -2.44. The summed E-state index contributed by atoms with van der Waals surface area (Å²) in [5.74, 6) is 0. The summed E-state index contributed by atoms with van der Waals surface area (Å²) in [7, 11) is -6.18. The molecule has 0 bridgehead atoms. The number of nitrogens with zero attached hydrogens (tertiary/aromatic N) is 1. The highest BCUT2D eigenvalue weighted by Crippen LogP contribution is 2.39. The Balaban J connectivity index is 2.25. The molecule has 1 aliphatic heterocycles. The Bertz CT molecular complexity index is 789. The summed E-state index contributed by atoms with van der Waals surface area (Å²) in [6.07, 6.45) is -4.54. The third kappa shape index (κ3) is 4.78. The van der Waals surface area contributed by atoms with Crippen LogP contribution in [0.1, 0.15) is 32.8 Å². The van der Waals surface area contributed by atoms with Crippen LogP contribution in [-0.2, 0) is 20.6 Å². The molecule has 1 saturated heterocycles. The number of aliphatic hydroxyl groups excluding tert-OH is 1. The Morgan fingerprint density at radius 3 is 2.14 bits per heavy atom. The molecule has 0 spiro atoms. The van der Waals surface area contributed by atoms with E-state index in [0.717, 1.165) is 28.6 Å². The number of sulfonamides is 1. The van der Waals surface area contributed by atoms with E-state index < -0.39 is 36.1 Å². The molecular weight excluding hydrogens is 411 g/mol. The van der Waals surface area contributed by atoms with Gasteiger partial charge in [0, 0.05) is 6.54 Å². The van der Waals surface area contributed by atoms with Gasteiger partial charge in [-0.3, -0.25) is 0 Å². The van der Waals surface area contributed by atoms with Crippen LogP contribution in [0.15, 0.2) is 29.2 Å². The standard InChI is InChI=1S/C18H28F3NO4SSi/c1-17(2,3)28(4,5)26-15-10-14(12-23)22(11-15)27(24,25)16-8-6-13(7-9-16)18(19,20)21/h6-9,14-15,23H,10-12H2,1-5H3/t14-,15-/m0/s1. The van der Waals surface area contributed by atoms with Gasteiger partial charge in [-0.1, -0.05) is 20.8 Å². The maximum absolute atomic E-state index is 13.0. The lowest BCUT2D eigenvalue weighted by molar-refractivity contribution is -0.137. The van der Waals surface area contributed by atoms with Gasteiger partial charge < -0.3 is 9.53 Å². The van der Waals surface area contributed by atoms with E-state index in [1.54, 1.807) is 0 Å². The second-order valence-corrected chi connectivity index (χ2v) is 15.3. The van der Waals surface area contributed by atoms with E-state index in [4.69, 9.17) is 4.43 Å². The predicted molar refractivity (Wildman–Crippen MR) is 103 cm³/mol. The van der Waals surface area contributed by atoms with Crippen LogP contribution in [0.3, 0.4) is 0 Å². The van der Waals surface area contributed by atoms with Crippen LogP contribution in [0.2, 0.25) is 18.1 Å². The van der Waals surface area contributed by atoms with Crippen LogP contribution >= 0.6 is 0 Å². The Morgan fingerprint density at radius 1 is 1.18 bits per heavy atom. The monoisotopic (exact) mass is 439 g/mol. The van der Waals surface area contributed by atoms with Crippen LogP contribution in [0.25, 0.3) is 0 Å². The Kier molecular flexibility index (Phi) is 6.43. The van der Waals surface area contributed by atoms with Crippen molar-refractivity contribution in [2.45, 2.75) is 68.5 Å². The summed E-state index contributed by atoms with van der Waals surface area (Å²) < 4.78 is 71.6. The summed E-state index contributed by atoms with van der Waals surface area (Å²) in [4.78, 5) is -0.230. The number of halogens is 3. The second-order valence-electron chi connectivity index (χ2n) is 8.67. The van der Waals surface area contributed by atoms with E-state index in [1.165, 1.54) is 0 Å². The Labute approximate surface area is 165 Å². The van der Waals surface area contributed by atoms with Crippen LogP contribution in [-0.4, -0.2) is 51.4 Å². The predicted octanol–water partition coefficient (Wildman–Crippen LogP) is 3.85. The summed E-state index contributed by atoms with van der Waals surface area (Å²) >= 11 is 0. The molecule has 5 nitrogen and oxygen atoms in total. The molecule has 1 aliphatic rings. The third-order valence-corrected chi connectivity index (χ3v) is 12.1. The van der Waals surface area contributed by atoms with Crippen molar-refractivity contribution in [2.24, 2.45) is 0 Å². The van der Waals surface area contributed by atoms with Gasteiger partial charge in [0.2, 0.25) is 10.0 Å². The van der Waals surface area contributed by atoms with Crippen molar-refractivity contribution >= 4 is 18.3 Å². The van der Waals surface area contributed by atoms with Crippen molar-refractivity contribution in [3.05, 3.63) is 29.8 Å². The van der Waals surface area contributed by atoms with E-state index in [9.17, 15) is 26.7 Å². The van der Waals surface area contributed by atoms with Gasteiger partial charge in [-0.25, -0.2) is 8.42 Å². The van der Waals surface area contributed by atoms with Crippen molar-refractivity contribution in [1.29, 1.82) is 0 Å². The number of aliphatic hydroxyl groups is 1. The van der Waals surface area contributed by atoms with Crippen molar-refractivity contribution in [3.63, 3.8) is 0 Å². The zero-order valence-electron chi connectivity index (χ0n) is 16.7. The average Bonchev–Trinajstić information content (AvgIpc) is 2.96. The Hall–Kier alpha value is -0.943. The molecule has 1 aromatic rings. The minimum absolute atomic E-state index is 0.0541. The van der Waals surface area contributed by atoms with Crippen molar-refractivity contribution < 1.29 is 31.1 Å². The summed E-state index contributed by atoms with van der Waals surface area (Å²) in [6.45, 7) is 10.1. The van der Waals surface area contributed by atoms with Crippen LogP contribution in [0, 0.1) is 0 Å². The van der Waals surface area contributed by atoms with Crippen molar-refractivity contribution in [1.82, 2.24) is 4.31 Å². The van der Waals surface area contributed by atoms with E-state index >= 15 is 0 Å². The van der Waals surface area contributed by atoms with Gasteiger partial charge in [-0.15, -0.1) is 0 Å². The SMILES string of the molecule is CC(C)(C)[Si](C)(C)O[C@H]1C[C@@H](CO)N(S(=O)(=O)c2ccc(C(F)(F)F)cc2)C1. The van der Waals surface area contributed by atoms with Gasteiger partial charge in [0.15, 0.2) is 8.32 Å². The molecule has 0 unspecified atom stereocenters. The van der Waals surface area contributed by atoms with Gasteiger partial charge >= 0.3 is 6.18 Å². The average molecular weight is 440 g/mol. The van der Waals surface area contributed by atoms with Gasteiger partial charge in [0.1, 0.15) is 0 Å². The minimum atomic E-state index is -4.54. The lowest BCUT2D eigenvalue weighted by Gasteiger charge is -2.38. The Morgan fingerprint density at radius 2 is 1.71 bits per heavy atom. The molecular formula is C18H28F3NO4SSi. The molecule has 0 aromatic heterocycles. The van der Waals surface area contributed by atoms with Crippen LogP contribution < -0.4 is 0 Å². The molecule has 1 heterocycles. The highest BCUT2D eigenvalue weighted by molar-refractivity contribution is 7.89. The van der Waals surface area contributed by atoms with Gasteiger partial charge in [-0.2, -0.15) is 17.5 Å². The molecule has 0 amide bonds. The molecule has 10 heteroatoms. The van der Waals surface area contributed by atoms with Gasteiger partial charge in [0.25, 0.3) is 0 Å². The number of rotatable bonds is 5. The molecule has 28 heavy (non-hydrogen) atoms. The largest absolute Gasteiger partial charge is 0.416 e. The summed E-state index contributed by atoms with van der Waals surface area (Å²) in [5, 5.41) is 9.62. The van der Waals surface area contributed by atoms with Crippen molar-refractivity contribution in [3.8, 4) is 0 Å². The van der Waals surface area contributed by atoms with E-state index in [0.29, 0.717) is 6.42 Å². The highest BCUT2D eigenvalue weighted by Gasteiger charge is 2.45. The minimum Gasteiger partial charge on any atom is -0.413 e. The van der Waals surface area contributed by atoms with Crippen LogP contribution in [0.5, 0.6) is 0 Å². The first-order valence-electron chi connectivity index (χ1n) is 9.07. The maximum atomic E-state index is 13.0. The topological polar surface area (TPSA) is 66.8 Å². The van der Waals surface area contributed by atoms with E-state index in [2.05, 4.69) is 33.9 Å². The molecule has 2 rings (SSSR count). The second kappa shape index (κ2) is 7.71.